The Bertz CT molecular complexity index is 960. The average Bonchev–Trinajstić information content (AvgIpc) is 3.08. The molecule has 0 radical (unpaired) electrons. The first-order valence-electron chi connectivity index (χ1n) is 9.80. The summed E-state index contributed by atoms with van der Waals surface area (Å²) in [5, 5.41) is 4.09. The highest BCUT2D eigenvalue weighted by Crippen LogP contribution is 2.17. The molecule has 1 fully saturated rings. The Morgan fingerprint density at radius 3 is 2.62 bits per heavy atom. The number of nitrogens with zero attached hydrogens (tertiary/aromatic N) is 4. The van der Waals surface area contributed by atoms with Crippen molar-refractivity contribution in [3.05, 3.63) is 71.8 Å². The molecule has 150 valence electrons. The summed E-state index contributed by atoms with van der Waals surface area (Å²) in [5.41, 5.74) is 1.34. The molecule has 1 aliphatic heterocycles. The first-order valence-corrected chi connectivity index (χ1v) is 9.80. The number of benzene rings is 2. The largest absolute Gasteiger partial charge is 0.341 e. The molecule has 3 aromatic rings. The second-order valence-electron chi connectivity index (χ2n) is 7.16. The number of amides is 1. The Hall–Kier alpha value is -3.06. The molecule has 2 heterocycles. The number of hydrogen-bond donors (Lipinski definition) is 0. The summed E-state index contributed by atoms with van der Waals surface area (Å²) in [5.74, 6) is 0.776. The molecule has 0 aliphatic carbocycles. The van der Waals surface area contributed by atoms with Crippen molar-refractivity contribution in [3.63, 3.8) is 0 Å². The molecule has 1 saturated heterocycles. The van der Waals surface area contributed by atoms with Crippen molar-refractivity contribution in [2.24, 2.45) is 0 Å². The van der Waals surface area contributed by atoms with Crippen LogP contribution in [0.15, 0.2) is 59.1 Å². The first kappa shape index (κ1) is 19.3. The van der Waals surface area contributed by atoms with E-state index in [0.29, 0.717) is 36.9 Å². The van der Waals surface area contributed by atoms with Crippen molar-refractivity contribution >= 4 is 5.91 Å². The Morgan fingerprint density at radius 2 is 1.79 bits per heavy atom. The van der Waals surface area contributed by atoms with Crippen LogP contribution in [0.5, 0.6) is 0 Å². The van der Waals surface area contributed by atoms with E-state index in [1.54, 1.807) is 18.2 Å². The summed E-state index contributed by atoms with van der Waals surface area (Å²) in [7, 11) is 0. The van der Waals surface area contributed by atoms with Crippen LogP contribution in [0.25, 0.3) is 11.5 Å². The highest BCUT2D eigenvalue weighted by atomic mass is 19.1. The van der Waals surface area contributed by atoms with Gasteiger partial charge in [0.1, 0.15) is 5.82 Å². The standard InChI is InChI=1S/C22H23FN4O2/c23-19-10-5-4-9-18(19)15-21(28)27-12-6-11-26(13-14-27)16-20-24-22(29-25-20)17-7-2-1-3-8-17/h1-5,7-10H,6,11-16H2. The molecular formula is C22H23FN4O2. The van der Waals surface area contributed by atoms with Gasteiger partial charge < -0.3 is 9.42 Å². The van der Waals surface area contributed by atoms with Gasteiger partial charge >= 0.3 is 0 Å². The summed E-state index contributed by atoms with van der Waals surface area (Å²) in [6, 6.07) is 16.1. The fraction of sp³-hybridized carbons (Fsp3) is 0.318. The number of hydrogen-bond acceptors (Lipinski definition) is 5. The average molecular weight is 394 g/mol. The molecule has 6 nitrogen and oxygen atoms in total. The van der Waals surface area contributed by atoms with E-state index in [1.165, 1.54) is 6.07 Å². The van der Waals surface area contributed by atoms with E-state index in [2.05, 4.69) is 15.0 Å². The number of carbonyl (C=O) groups excluding carboxylic acids is 1. The third-order valence-electron chi connectivity index (χ3n) is 5.09. The highest BCUT2D eigenvalue weighted by molar-refractivity contribution is 5.78. The van der Waals surface area contributed by atoms with Gasteiger partial charge in [-0.15, -0.1) is 0 Å². The Kier molecular flexibility index (Phi) is 5.95. The van der Waals surface area contributed by atoms with Gasteiger partial charge in [0.25, 0.3) is 5.89 Å². The fourth-order valence-corrected chi connectivity index (χ4v) is 3.51. The van der Waals surface area contributed by atoms with Crippen LogP contribution in [0, 0.1) is 5.82 Å². The monoisotopic (exact) mass is 394 g/mol. The maximum atomic E-state index is 13.8. The van der Waals surface area contributed by atoms with Crippen LogP contribution in [0.2, 0.25) is 0 Å². The molecule has 1 amide bonds. The predicted octanol–water partition coefficient (Wildman–Crippen LogP) is 3.15. The molecule has 1 aromatic heterocycles. The summed E-state index contributed by atoms with van der Waals surface area (Å²) in [6.45, 7) is 3.42. The van der Waals surface area contributed by atoms with Gasteiger partial charge in [-0.2, -0.15) is 4.98 Å². The van der Waals surface area contributed by atoms with Gasteiger partial charge in [0.2, 0.25) is 5.91 Å². The molecule has 0 spiro atoms. The lowest BCUT2D eigenvalue weighted by molar-refractivity contribution is -0.130. The highest BCUT2D eigenvalue weighted by Gasteiger charge is 2.21. The van der Waals surface area contributed by atoms with Crippen LogP contribution >= 0.6 is 0 Å². The molecule has 0 atom stereocenters. The van der Waals surface area contributed by atoms with Crippen molar-refractivity contribution in [1.82, 2.24) is 19.9 Å². The van der Waals surface area contributed by atoms with Gasteiger partial charge in [-0.25, -0.2) is 4.39 Å². The summed E-state index contributed by atoms with van der Waals surface area (Å²) in [4.78, 5) is 21.1. The molecule has 0 saturated carbocycles. The van der Waals surface area contributed by atoms with Gasteiger partial charge in [-0.3, -0.25) is 9.69 Å². The SMILES string of the molecule is O=C(Cc1ccccc1F)N1CCCN(Cc2noc(-c3ccccc3)n2)CC1. The van der Waals surface area contributed by atoms with Crippen LogP contribution in [0.1, 0.15) is 17.8 Å². The molecule has 1 aliphatic rings. The molecule has 0 N–H and O–H groups in total. The van der Waals surface area contributed by atoms with E-state index in [9.17, 15) is 9.18 Å². The number of halogens is 1. The van der Waals surface area contributed by atoms with Crippen molar-refractivity contribution in [2.45, 2.75) is 19.4 Å². The molecule has 0 unspecified atom stereocenters. The van der Waals surface area contributed by atoms with Crippen LogP contribution < -0.4 is 0 Å². The van der Waals surface area contributed by atoms with Crippen LogP contribution in [-0.4, -0.2) is 52.0 Å². The van der Waals surface area contributed by atoms with Crippen molar-refractivity contribution in [2.75, 3.05) is 26.2 Å². The third kappa shape index (κ3) is 4.86. The molecule has 7 heteroatoms. The molecule has 4 rings (SSSR count). The molecule has 2 aromatic carbocycles. The maximum Gasteiger partial charge on any atom is 0.257 e. The van der Waals surface area contributed by atoms with Crippen molar-refractivity contribution in [3.8, 4) is 11.5 Å². The van der Waals surface area contributed by atoms with Gasteiger partial charge in [-0.1, -0.05) is 41.6 Å². The van der Waals surface area contributed by atoms with Crippen molar-refractivity contribution in [1.29, 1.82) is 0 Å². The smallest absolute Gasteiger partial charge is 0.257 e. The van der Waals surface area contributed by atoms with E-state index >= 15 is 0 Å². The summed E-state index contributed by atoms with van der Waals surface area (Å²) in [6.07, 6.45) is 0.949. The lowest BCUT2D eigenvalue weighted by Crippen LogP contribution is -2.36. The minimum Gasteiger partial charge on any atom is -0.341 e. The Morgan fingerprint density at radius 1 is 1.00 bits per heavy atom. The van der Waals surface area contributed by atoms with Crippen LogP contribution in [0.4, 0.5) is 4.39 Å². The van der Waals surface area contributed by atoms with Crippen LogP contribution in [0.3, 0.4) is 0 Å². The van der Waals surface area contributed by atoms with Gasteiger partial charge in [0.15, 0.2) is 5.82 Å². The second-order valence-corrected chi connectivity index (χ2v) is 7.16. The zero-order valence-corrected chi connectivity index (χ0v) is 16.1. The van der Waals surface area contributed by atoms with Crippen LogP contribution in [-0.2, 0) is 17.8 Å². The minimum atomic E-state index is -0.330. The van der Waals surface area contributed by atoms with E-state index in [1.807, 2.05) is 35.2 Å². The van der Waals surface area contributed by atoms with Gasteiger partial charge in [-0.05, 0) is 30.2 Å². The summed E-state index contributed by atoms with van der Waals surface area (Å²) < 4.78 is 19.2. The zero-order valence-electron chi connectivity index (χ0n) is 16.1. The Balaban J connectivity index is 1.33. The maximum absolute atomic E-state index is 13.8. The number of carbonyl (C=O) groups is 1. The van der Waals surface area contributed by atoms with E-state index in [4.69, 9.17) is 4.52 Å². The second kappa shape index (κ2) is 8.96. The van der Waals surface area contributed by atoms with E-state index in [0.717, 1.165) is 25.1 Å². The molecular weight excluding hydrogens is 371 g/mol. The lowest BCUT2D eigenvalue weighted by atomic mass is 10.1. The van der Waals surface area contributed by atoms with E-state index < -0.39 is 0 Å². The zero-order chi connectivity index (χ0) is 20.1. The van der Waals surface area contributed by atoms with E-state index in [-0.39, 0.29) is 18.1 Å². The quantitative estimate of drug-likeness (QED) is 0.665. The Labute approximate surface area is 168 Å². The number of aromatic nitrogens is 2. The van der Waals surface area contributed by atoms with Gasteiger partial charge in [0, 0.05) is 31.7 Å². The predicted molar refractivity (Wildman–Crippen MR) is 106 cm³/mol. The molecule has 29 heavy (non-hydrogen) atoms. The normalized spacial score (nSPS) is 15.3. The molecule has 0 bridgehead atoms. The van der Waals surface area contributed by atoms with Gasteiger partial charge in [0.05, 0.1) is 13.0 Å². The summed E-state index contributed by atoms with van der Waals surface area (Å²) >= 11 is 0. The van der Waals surface area contributed by atoms with Crippen molar-refractivity contribution < 1.29 is 13.7 Å². The third-order valence-corrected chi connectivity index (χ3v) is 5.09. The first-order chi connectivity index (χ1) is 14.2. The fourth-order valence-electron chi connectivity index (χ4n) is 3.51. The minimum absolute atomic E-state index is 0.0390. The number of rotatable bonds is 5. The topological polar surface area (TPSA) is 62.5 Å². The lowest BCUT2D eigenvalue weighted by Gasteiger charge is -2.21.